The molecule has 0 bridgehead atoms. The number of allylic oxidation sites excluding steroid dienone is 2. The number of hydrogen-bond donors (Lipinski definition) is 3. The number of likely N-dealkylation sites (N-methyl/N-ethyl adjacent to an activating group) is 1. The molecule has 53 heavy (non-hydrogen) atoms. The molecule has 7 heterocycles. The van der Waals surface area contributed by atoms with Crippen molar-refractivity contribution in [2.75, 3.05) is 63.1 Å². The zero-order valence-electron chi connectivity index (χ0n) is 29.5. The molecule has 9 rings (SSSR count). The number of urea groups is 1. The largest absolute Gasteiger partial charge is 0.381 e. The third kappa shape index (κ3) is 5.68. The minimum Gasteiger partial charge on any atom is -0.381 e. The Morgan fingerprint density at radius 1 is 0.943 bits per heavy atom. The highest BCUT2D eigenvalue weighted by atomic mass is 32.1. The van der Waals surface area contributed by atoms with E-state index in [2.05, 4.69) is 26.9 Å². The van der Waals surface area contributed by atoms with Gasteiger partial charge in [-0.15, -0.1) is 11.3 Å². The second-order valence-corrected chi connectivity index (χ2v) is 16.0. The maximum Gasteiger partial charge on any atom is 0.325 e. The zero-order valence-corrected chi connectivity index (χ0v) is 30.3. The van der Waals surface area contributed by atoms with E-state index in [1.54, 1.807) is 29.0 Å². The van der Waals surface area contributed by atoms with Gasteiger partial charge in [0.2, 0.25) is 11.8 Å². The van der Waals surface area contributed by atoms with Gasteiger partial charge in [0.1, 0.15) is 16.7 Å². The van der Waals surface area contributed by atoms with Gasteiger partial charge in [0.15, 0.2) is 0 Å². The van der Waals surface area contributed by atoms with Crippen molar-refractivity contribution in [3.63, 3.8) is 0 Å². The average Bonchev–Trinajstić information content (AvgIpc) is 3.59. The third-order valence-corrected chi connectivity index (χ3v) is 12.8. The number of pyridine rings is 1. The standard InChI is InChI=1S/C37H41F2N9O4S/c1-20-18-40-32-31-22-4-9-29(42-23(22)5-8-27(31)53-33(32)35(51)41-20)46-15-13-45(14-16-46)28-11-12-47(19-37(28,38)39)21-3-6-24-26(17-21)44(2)36(52)48(24)25-7-10-30(49)43-34(25)50/h3-6,8-9,20,25-26,28,40H,7,10-19H2,1-2H3,(H,41,51)(H,43,49,50)/t20-,25?,26?,28-/m1/s1. The molecule has 278 valence electrons. The number of likely N-dealkylation sites (tertiary alicyclic amines) is 1. The molecule has 6 aliphatic rings. The smallest absolute Gasteiger partial charge is 0.325 e. The Hall–Kier alpha value is -4.83. The molecule has 2 unspecified atom stereocenters. The molecule has 1 aliphatic carbocycles. The number of piperidine rings is 2. The fourth-order valence-corrected chi connectivity index (χ4v) is 10.0. The van der Waals surface area contributed by atoms with E-state index in [0.29, 0.717) is 62.7 Å². The van der Waals surface area contributed by atoms with Crippen molar-refractivity contribution in [2.45, 2.75) is 62.7 Å². The van der Waals surface area contributed by atoms with Crippen molar-refractivity contribution >= 4 is 67.6 Å². The topological polar surface area (TPSA) is 133 Å². The SMILES string of the molecule is C[C@@H]1CNc2c(sc3ccc4nc(N5CCN([C@@H]6CCN(C7=CC=C8C(C7)N(C)C(=O)N8C7CCC(=O)NC7=O)CC6(F)F)CC5)ccc4c23)C(=O)N1. The zero-order chi connectivity index (χ0) is 36.8. The first-order valence-electron chi connectivity index (χ1n) is 18.3. The van der Waals surface area contributed by atoms with E-state index < -0.39 is 30.5 Å². The molecule has 4 fully saturated rings. The summed E-state index contributed by atoms with van der Waals surface area (Å²) in [7, 11) is 1.67. The van der Waals surface area contributed by atoms with Crippen LogP contribution in [0, 0.1) is 0 Å². The Balaban J connectivity index is 0.859. The molecule has 4 atom stereocenters. The summed E-state index contributed by atoms with van der Waals surface area (Å²) in [5, 5.41) is 10.8. The summed E-state index contributed by atoms with van der Waals surface area (Å²) in [6.45, 7) is 4.82. The van der Waals surface area contributed by atoms with Gasteiger partial charge < -0.3 is 25.3 Å². The van der Waals surface area contributed by atoms with Gasteiger partial charge >= 0.3 is 6.03 Å². The van der Waals surface area contributed by atoms with Crippen LogP contribution in [0.1, 0.15) is 42.3 Å². The number of halogens is 2. The second kappa shape index (κ2) is 12.6. The molecular weight excluding hydrogens is 705 g/mol. The van der Waals surface area contributed by atoms with Gasteiger partial charge in [-0.25, -0.2) is 18.6 Å². The van der Waals surface area contributed by atoms with Crippen molar-refractivity contribution in [3.05, 3.63) is 52.7 Å². The summed E-state index contributed by atoms with van der Waals surface area (Å²) in [5.41, 5.74) is 3.09. The number of hydrogen-bond acceptors (Lipinski definition) is 10. The first-order valence-corrected chi connectivity index (χ1v) is 19.1. The Kier molecular flexibility index (Phi) is 8.11. The van der Waals surface area contributed by atoms with Crippen LogP contribution in [0.15, 0.2) is 47.8 Å². The van der Waals surface area contributed by atoms with Gasteiger partial charge in [-0.1, -0.05) is 0 Å². The van der Waals surface area contributed by atoms with E-state index in [1.807, 2.05) is 30.0 Å². The predicted octanol–water partition coefficient (Wildman–Crippen LogP) is 3.54. The lowest BCUT2D eigenvalue weighted by atomic mass is 9.94. The molecule has 2 aromatic heterocycles. The monoisotopic (exact) mass is 745 g/mol. The number of nitrogens with zero attached hydrogens (tertiary/aromatic N) is 6. The van der Waals surface area contributed by atoms with Crippen molar-refractivity contribution in [3.8, 4) is 0 Å². The summed E-state index contributed by atoms with van der Waals surface area (Å²) in [4.78, 5) is 64.9. The summed E-state index contributed by atoms with van der Waals surface area (Å²) in [6, 6.07) is 5.71. The number of carbonyl (C=O) groups excluding carboxylic acids is 4. The summed E-state index contributed by atoms with van der Waals surface area (Å²) in [5.74, 6) is -3.05. The number of aromatic nitrogens is 1. The molecule has 16 heteroatoms. The lowest BCUT2D eigenvalue weighted by Gasteiger charge is -2.48. The number of fused-ring (bicyclic) bond motifs is 6. The molecule has 3 aromatic rings. The number of thiophene rings is 1. The van der Waals surface area contributed by atoms with Crippen molar-refractivity contribution in [1.82, 2.24) is 35.2 Å². The number of piperazine rings is 1. The van der Waals surface area contributed by atoms with Gasteiger partial charge in [0.05, 0.1) is 29.8 Å². The molecular formula is C37H41F2N9O4S. The highest BCUT2D eigenvalue weighted by Crippen LogP contribution is 2.42. The van der Waals surface area contributed by atoms with E-state index in [1.165, 1.54) is 16.2 Å². The summed E-state index contributed by atoms with van der Waals surface area (Å²) >= 11 is 1.48. The van der Waals surface area contributed by atoms with Gasteiger partial charge in [-0.2, -0.15) is 0 Å². The van der Waals surface area contributed by atoms with Gasteiger partial charge in [-0.3, -0.25) is 29.5 Å². The van der Waals surface area contributed by atoms with Gasteiger partial charge in [-0.05, 0) is 56.2 Å². The van der Waals surface area contributed by atoms with E-state index in [4.69, 9.17) is 4.98 Å². The fourth-order valence-electron chi connectivity index (χ4n) is 8.91. The van der Waals surface area contributed by atoms with Crippen LogP contribution in [-0.4, -0.2) is 131 Å². The number of alkyl halides is 2. The van der Waals surface area contributed by atoms with Crippen LogP contribution < -0.4 is 20.9 Å². The predicted molar refractivity (Wildman–Crippen MR) is 197 cm³/mol. The molecule has 0 radical (unpaired) electrons. The fraction of sp³-hybridized carbons (Fsp3) is 0.486. The number of amides is 5. The quantitative estimate of drug-likeness (QED) is 0.343. The highest BCUT2D eigenvalue weighted by molar-refractivity contribution is 7.21. The lowest BCUT2D eigenvalue weighted by molar-refractivity contribution is -0.136. The Labute approximate surface area is 308 Å². The van der Waals surface area contributed by atoms with Crippen molar-refractivity contribution in [2.24, 2.45) is 0 Å². The maximum absolute atomic E-state index is 16.0. The molecule has 0 saturated carbocycles. The Bertz CT molecular complexity index is 2130. The average molecular weight is 746 g/mol. The normalized spacial score (nSPS) is 27.9. The number of anilines is 2. The van der Waals surface area contributed by atoms with E-state index in [-0.39, 0.29) is 42.8 Å². The number of nitrogens with one attached hydrogen (secondary N) is 3. The van der Waals surface area contributed by atoms with Crippen LogP contribution in [0.2, 0.25) is 0 Å². The number of carbonyl (C=O) groups is 4. The molecule has 5 amide bonds. The third-order valence-electron chi connectivity index (χ3n) is 11.7. The molecule has 1 aromatic carbocycles. The van der Waals surface area contributed by atoms with Crippen molar-refractivity contribution in [1.29, 1.82) is 0 Å². The summed E-state index contributed by atoms with van der Waals surface area (Å²) in [6.07, 6.45) is 4.66. The molecule has 0 spiro atoms. The van der Waals surface area contributed by atoms with E-state index >= 15 is 8.78 Å². The maximum atomic E-state index is 16.0. The minimum absolute atomic E-state index is 0.0205. The first-order chi connectivity index (χ1) is 25.5. The van der Waals surface area contributed by atoms with Crippen LogP contribution in [-0.2, 0) is 9.59 Å². The molecule has 3 N–H and O–H groups in total. The van der Waals surface area contributed by atoms with E-state index in [0.717, 1.165) is 38.2 Å². The number of imide groups is 1. The van der Waals surface area contributed by atoms with Crippen LogP contribution in [0.25, 0.3) is 21.0 Å². The van der Waals surface area contributed by atoms with E-state index in [9.17, 15) is 19.2 Å². The van der Waals surface area contributed by atoms with Crippen LogP contribution in [0.3, 0.4) is 0 Å². The van der Waals surface area contributed by atoms with Crippen LogP contribution >= 0.6 is 11.3 Å². The number of rotatable bonds is 4. The van der Waals surface area contributed by atoms with Crippen LogP contribution in [0.5, 0.6) is 0 Å². The van der Waals surface area contributed by atoms with Crippen LogP contribution in [0.4, 0.5) is 25.1 Å². The molecule has 4 saturated heterocycles. The minimum atomic E-state index is -2.95. The molecule has 13 nitrogen and oxygen atoms in total. The lowest BCUT2D eigenvalue weighted by Crippen LogP contribution is -2.61. The second-order valence-electron chi connectivity index (χ2n) is 14.9. The molecule has 5 aliphatic heterocycles. The first kappa shape index (κ1) is 34.0. The Morgan fingerprint density at radius 3 is 2.53 bits per heavy atom. The van der Waals surface area contributed by atoms with Gasteiger partial charge in [0, 0.05) is 92.1 Å². The van der Waals surface area contributed by atoms with Crippen molar-refractivity contribution < 1.29 is 28.0 Å². The number of benzene rings is 1. The van der Waals surface area contributed by atoms with Gasteiger partial charge in [0.25, 0.3) is 11.8 Å². The Morgan fingerprint density at radius 2 is 1.75 bits per heavy atom. The summed E-state index contributed by atoms with van der Waals surface area (Å²) < 4.78 is 33.0. The highest BCUT2D eigenvalue weighted by Gasteiger charge is 2.51.